The maximum atomic E-state index is 11.3. The second-order valence-electron chi connectivity index (χ2n) is 3.72. The van der Waals surface area contributed by atoms with E-state index < -0.39 is 0 Å². The summed E-state index contributed by atoms with van der Waals surface area (Å²) >= 11 is 6.11. The highest BCUT2D eigenvalue weighted by atomic mass is 35.5. The van der Waals surface area contributed by atoms with Gasteiger partial charge in [-0.05, 0) is 19.3 Å². The van der Waals surface area contributed by atoms with Crippen molar-refractivity contribution in [3.8, 4) is 0 Å². The molecule has 13 heavy (non-hydrogen) atoms. The summed E-state index contributed by atoms with van der Waals surface area (Å²) in [5.41, 5.74) is 0. The number of hydrogen-bond donors (Lipinski definition) is 1. The highest BCUT2D eigenvalue weighted by Crippen LogP contribution is 2.22. The van der Waals surface area contributed by atoms with Gasteiger partial charge in [0.1, 0.15) is 0 Å². The predicted octanol–water partition coefficient (Wildman–Crippen LogP) is 2.45. The van der Waals surface area contributed by atoms with Gasteiger partial charge >= 0.3 is 0 Å². The monoisotopic (exact) mass is 203 g/mol. The van der Waals surface area contributed by atoms with Gasteiger partial charge in [-0.2, -0.15) is 0 Å². The van der Waals surface area contributed by atoms with Gasteiger partial charge < -0.3 is 5.32 Å². The van der Waals surface area contributed by atoms with Gasteiger partial charge in [-0.1, -0.05) is 19.8 Å². The number of amides is 1. The second kappa shape index (κ2) is 5.48. The van der Waals surface area contributed by atoms with Crippen molar-refractivity contribution in [1.29, 1.82) is 0 Å². The van der Waals surface area contributed by atoms with Crippen LogP contribution >= 0.6 is 11.6 Å². The average molecular weight is 204 g/mol. The molecule has 2 unspecified atom stereocenters. The summed E-state index contributed by atoms with van der Waals surface area (Å²) in [7, 11) is 0. The molecule has 1 N–H and O–H groups in total. The molecule has 1 fully saturated rings. The zero-order chi connectivity index (χ0) is 9.68. The minimum Gasteiger partial charge on any atom is -0.352 e. The van der Waals surface area contributed by atoms with Crippen LogP contribution in [0.15, 0.2) is 0 Å². The van der Waals surface area contributed by atoms with Crippen LogP contribution in [-0.4, -0.2) is 17.3 Å². The molecule has 1 rings (SSSR count). The molecule has 0 aromatic carbocycles. The van der Waals surface area contributed by atoms with Gasteiger partial charge in [-0.15, -0.1) is 11.6 Å². The molecule has 0 saturated heterocycles. The van der Waals surface area contributed by atoms with E-state index in [1.807, 2.05) is 6.92 Å². The smallest absolute Gasteiger partial charge is 0.220 e. The largest absolute Gasteiger partial charge is 0.352 e. The summed E-state index contributed by atoms with van der Waals surface area (Å²) in [5.74, 6) is 0.153. The van der Waals surface area contributed by atoms with E-state index in [4.69, 9.17) is 11.6 Å². The SMILES string of the molecule is CCCC(=O)NC1CCCCC1Cl. The van der Waals surface area contributed by atoms with Crippen LogP contribution in [0, 0.1) is 0 Å². The molecule has 0 aromatic rings. The van der Waals surface area contributed by atoms with Crippen LogP contribution in [0.25, 0.3) is 0 Å². The fourth-order valence-electron chi connectivity index (χ4n) is 1.75. The zero-order valence-electron chi connectivity index (χ0n) is 8.18. The standard InChI is InChI=1S/C10H18ClNO/c1-2-5-10(13)12-9-7-4-3-6-8(9)11/h8-9H,2-7H2,1H3,(H,12,13). The average Bonchev–Trinajstić information content (AvgIpc) is 2.09. The first-order chi connectivity index (χ1) is 6.24. The molecule has 0 aliphatic heterocycles. The number of halogens is 1. The van der Waals surface area contributed by atoms with Crippen LogP contribution in [0.3, 0.4) is 0 Å². The number of carbonyl (C=O) groups is 1. The summed E-state index contributed by atoms with van der Waals surface area (Å²) in [6, 6.07) is 0.217. The van der Waals surface area contributed by atoms with Crippen LogP contribution in [0.2, 0.25) is 0 Å². The van der Waals surface area contributed by atoms with Crippen molar-refractivity contribution in [2.75, 3.05) is 0 Å². The van der Waals surface area contributed by atoms with Crippen molar-refractivity contribution in [1.82, 2.24) is 5.32 Å². The van der Waals surface area contributed by atoms with E-state index in [-0.39, 0.29) is 17.3 Å². The molecule has 0 aromatic heterocycles. The van der Waals surface area contributed by atoms with Crippen LogP contribution in [-0.2, 0) is 4.79 Å². The molecule has 0 radical (unpaired) electrons. The molecule has 1 aliphatic carbocycles. The molecule has 0 heterocycles. The zero-order valence-corrected chi connectivity index (χ0v) is 8.94. The van der Waals surface area contributed by atoms with E-state index in [2.05, 4.69) is 5.32 Å². The van der Waals surface area contributed by atoms with Gasteiger partial charge in [0, 0.05) is 12.5 Å². The topological polar surface area (TPSA) is 29.1 Å². The van der Waals surface area contributed by atoms with Gasteiger partial charge in [-0.25, -0.2) is 0 Å². The van der Waals surface area contributed by atoms with Gasteiger partial charge in [0.25, 0.3) is 0 Å². The maximum absolute atomic E-state index is 11.3. The lowest BCUT2D eigenvalue weighted by Gasteiger charge is -2.27. The molecule has 1 saturated carbocycles. The van der Waals surface area contributed by atoms with Crippen molar-refractivity contribution >= 4 is 17.5 Å². The van der Waals surface area contributed by atoms with Gasteiger partial charge in [0.15, 0.2) is 0 Å². The van der Waals surface area contributed by atoms with Crippen molar-refractivity contribution in [2.45, 2.75) is 56.9 Å². The third-order valence-corrected chi connectivity index (χ3v) is 3.03. The summed E-state index contributed by atoms with van der Waals surface area (Å²) in [5, 5.41) is 3.15. The van der Waals surface area contributed by atoms with Gasteiger partial charge in [0.2, 0.25) is 5.91 Å². The Hall–Kier alpha value is -0.240. The fraction of sp³-hybridized carbons (Fsp3) is 0.900. The van der Waals surface area contributed by atoms with E-state index >= 15 is 0 Å². The Morgan fingerprint density at radius 3 is 2.77 bits per heavy atom. The van der Waals surface area contributed by atoms with Crippen LogP contribution < -0.4 is 5.32 Å². The summed E-state index contributed by atoms with van der Waals surface area (Å²) in [6.07, 6.45) is 6.02. The summed E-state index contributed by atoms with van der Waals surface area (Å²) in [6.45, 7) is 2.01. The lowest BCUT2D eigenvalue weighted by Crippen LogP contribution is -2.42. The molecule has 3 heteroatoms. The molecule has 2 nitrogen and oxygen atoms in total. The molecular formula is C10H18ClNO. The molecule has 2 atom stereocenters. The van der Waals surface area contributed by atoms with E-state index in [0.717, 1.165) is 19.3 Å². The molecule has 1 amide bonds. The third kappa shape index (κ3) is 3.55. The van der Waals surface area contributed by atoms with E-state index in [1.165, 1.54) is 12.8 Å². The maximum Gasteiger partial charge on any atom is 0.220 e. The first kappa shape index (κ1) is 10.8. The number of alkyl halides is 1. The van der Waals surface area contributed by atoms with E-state index in [9.17, 15) is 4.79 Å². The van der Waals surface area contributed by atoms with E-state index in [1.54, 1.807) is 0 Å². The van der Waals surface area contributed by atoms with Crippen molar-refractivity contribution < 1.29 is 4.79 Å². The Morgan fingerprint density at radius 2 is 2.15 bits per heavy atom. The molecular weight excluding hydrogens is 186 g/mol. The van der Waals surface area contributed by atoms with Gasteiger partial charge in [0.05, 0.1) is 5.38 Å². The minimum atomic E-state index is 0.148. The van der Waals surface area contributed by atoms with E-state index in [0.29, 0.717) is 6.42 Å². The third-order valence-electron chi connectivity index (χ3n) is 2.51. The quantitative estimate of drug-likeness (QED) is 0.702. The molecule has 76 valence electrons. The molecule has 0 bridgehead atoms. The van der Waals surface area contributed by atoms with Crippen LogP contribution in [0.5, 0.6) is 0 Å². The molecule has 1 aliphatic rings. The Morgan fingerprint density at radius 1 is 1.46 bits per heavy atom. The fourth-order valence-corrected chi connectivity index (χ4v) is 2.10. The highest BCUT2D eigenvalue weighted by Gasteiger charge is 2.23. The first-order valence-corrected chi connectivity index (χ1v) is 5.61. The summed E-state index contributed by atoms with van der Waals surface area (Å²) < 4.78 is 0. The lowest BCUT2D eigenvalue weighted by molar-refractivity contribution is -0.122. The number of carbonyl (C=O) groups excluding carboxylic acids is 1. The van der Waals surface area contributed by atoms with Crippen molar-refractivity contribution in [2.24, 2.45) is 0 Å². The second-order valence-corrected chi connectivity index (χ2v) is 4.29. The Kier molecular flexibility index (Phi) is 4.57. The Bertz CT molecular complexity index is 172. The Balaban J connectivity index is 2.29. The molecule has 0 spiro atoms. The van der Waals surface area contributed by atoms with Crippen LogP contribution in [0.4, 0.5) is 0 Å². The van der Waals surface area contributed by atoms with Crippen molar-refractivity contribution in [3.63, 3.8) is 0 Å². The van der Waals surface area contributed by atoms with Crippen LogP contribution in [0.1, 0.15) is 45.4 Å². The summed E-state index contributed by atoms with van der Waals surface area (Å²) in [4.78, 5) is 11.3. The normalized spacial score (nSPS) is 28.5. The number of rotatable bonds is 3. The minimum absolute atomic E-state index is 0.148. The predicted molar refractivity (Wildman–Crippen MR) is 54.9 cm³/mol. The lowest BCUT2D eigenvalue weighted by atomic mass is 9.95. The van der Waals surface area contributed by atoms with Gasteiger partial charge in [-0.3, -0.25) is 4.79 Å². The Labute approximate surface area is 85.0 Å². The number of hydrogen-bond acceptors (Lipinski definition) is 1. The first-order valence-electron chi connectivity index (χ1n) is 5.17. The van der Waals surface area contributed by atoms with Crippen molar-refractivity contribution in [3.05, 3.63) is 0 Å². The number of nitrogens with one attached hydrogen (secondary N) is 1. The highest BCUT2D eigenvalue weighted by molar-refractivity contribution is 6.21.